The van der Waals surface area contributed by atoms with Gasteiger partial charge in [0.1, 0.15) is 5.75 Å². The average Bonchev–Trinajstić information content (AvgIpc) is 3.33. The van der Waals surface area contributed by atoms with Crippen molar-refractivity contribution in [2.24, 2.45) is 5.92 Å². The SMILES string of the molecule is COc1ccc(CNC(=O)N2C[C@@H]3C[C@H](NS(=O)(=O)c4ccccc4)[C@H]2C3)cc1. The average molecular weight is 416 g/mol. The molecule has 2 fully saturated rings. The van der Waals surface area contributed by atoms with Crippen molar-refractivity contribution in [2.75, 3.05) is 13.7 Å². The molecule has 2 N–H and O–H groups in total. The van der Waals surface area contributed by atoms with Crippen LogP contribution in [0.25, 0.3) is 0 Å². The number of hydrogen-bond donors (Lipinski definition) is 2. The Labute approximate surface area is 171 Å². The molecule has 0 unspecified atom stereocenters. The van der Waals surface area contributed by atoms with Gasteiger partial charge in [0.2, 0.25) is 10.0 Å². The molecule has 2 aromatic carbocycles. The van der Waals surface area contributed by atoms with Crippen LogP contribution >= 0.6 is 0 Å². The van der Waals surface area contributed by atoms with Gasteiger partial charge in [0.25, 0.3) is 0 Å². The molecule has 7 nitrogen and oxygen atoms in total. The number of methoxy groups -OCH3 is 1. The first-order chi connectivity index (χ1) is 14.0. The van der Waals surface area contributed by atoms with Crippen LogP contribution in [0, 0.1) is 5.92 Å². The second kappa shape index (κ2) is 8.04. The first-order valence-electron chi connectivity index (χ1n) is 9.71. The molecule has 0 radical (unpaired) electrons. The van der Waals surface area contributed by atoms with E-state index in [2.05, 4.69) is 10.0 Å². The summed E-state index contributed by atoms with van der Waals surface area (Å²) in [4.78, 5) is 14.7. The molecule has 4 rings (SSSR count). The Morgan fingerprint density at radius 3 is 2.48 bits per heavy atom. The number of carbonyl (C=O) groups excluding carboxylic acids is 1. The predicted octanol–water partition coefficient (Wildman–Crippen LogP) is 2.35. The summed E-state index contributed by atoms with van der Waals surface area (Å²) < 4.78 is 33.3. The summed E-state index contributed by atoms with van der Waals surface area (Å²) in [5.74, 6) is 1.10. The van der Waals surface area contributed by atoms with Gasteiger partial charge in [-0.2, -0.15) is 0 Å². The first-order valence-corrected chi connectivity index (χ1v) is 11.2. The van der Waals surface area contributed by atoms with Gasteiger partial charge in [0.05, 0.1) is 18.0 Å². The fourth-order valence-electron chi connectivity index (χ4n) is 4.28. The van der Waals surface area contributed by atoms with E-state index in [0.717, 1.165) is 24.2 Å². The number of piperidine rings is 1. The molecule has 1 aliphatic heterocycles. The zero-order chi connectivity index (χ0) is 20.4. The minimum atomic E-state index is -3.60. The van der Waals surface area contributed by atoms with E-state index in [9.17, 15) is 13.2 Å². The third-order valence-corrected chi connectivity index (χ3v) is 7.21. The van der Waals surface area contributed by atoms with Crippen molar-refractivity contribution in [3.05, 3.63) is 60.2 Å². The number of sulfonamides is 1. The fourth-order valence-corrected chi connectivity index (χ4v) is 5.58. The maximum atomic E-state index is 12.7. The number of urea groups is 1. The number of likely N-dealkylation sites (tertiary alicyclic amines) is 1. The van der Waals surface area contributed by atoms with Crippen LogP contribution in [-0.2, 0) is 16.6 Å². The molecule has 2 amide bonds. The maximum absolute atomic E-state index is 12.7. The van der Waals surface area contributed by atoms with Gasteiger partial charge in [0, 0.05) is 19.1 Å². The number of hydrogen-bond acceptors (Lipinski definition) is 4. The lowest BCUT2D eigenvalue weighted by molar-refractivity contribution is 0.170. The zero-order valence-corrected chi connectivity index (χ0v) is 17.1. The normalized spacial score (nSPS) is 23.2. The topological polar surface area (TPSA) is 87.7 Å². The van der Waals surface area contributed by atoms with Gasteiger partial charge in [0.15, 0.2) is 0 Å². The highest BCUT2D eigenvalue weighted by molar-refractivity contribution is 7.89. The Morgan fingerprint density at radius 1 is 1.10 bits per heavy atom. The third kappa shape index (κ3) is 4.23. The quantitative estimate of drug-likeness (QED) is 0.758. The minimum absolute atomic E-state index is 0.116. The Morgan fingerprint density at radius 2 is 1.83 bits per heavy atom. The van der Waals surface area contributed by atoms with Gasteiger partial charge < -0.3 is 15.0 Å². The van der Waals surface area contributed by atoms with Crippen LogP contribution in [0.4, 0.5) is 4.79 Å². The van der Waals surface area contributed by atoms with Crippen molar-refractivity contribution in [3.63, 3.8) is 0 Å². The highest BCUT2D eigenvalue weighted by atomic mass is 32.2. The van der Waals surface area contributed by atoms with E-state index in [-0.39, 0.29) is 23.0 Å². The monoisotopic (exact) mass is 415 g/mol. The van der Waals surface area contributed by atoms with Gasteiger partial charge >= 0.3 is 6.03 Å². The molecule has 0 aromatic heterocycles. The summed E-state index contributed by atoms with van der Waals surface area (Å²) in [7, 11) is -1.98. The minimum Gasteiger partial charge on any atom is -0.497 e. The second-order valence-electron chi connectivity index (χ2n) is 7.60. The summed E-state index contributed by atoms with van der Waals surface area (Å²) in [6.07, 6.45) is 1.59. The van der Waals surface area contributed by atoms with E-state index >= 15 is 0 Å². The molecule has 29 heavy (non-hydrogen) atoms. The molecule has 154 valence electrons. The molecule has 2 aliphatic rings. The van der Waals surface area contributed by atoms with Crippen LogP contribution in [0.15, 0.2) is 59.5 Å². The second-order valence-corrected chi connectivity index (χ2v) is 9.32. The summed E-state index contributed by atoms with van der Waals surface area (Å²) in [6.45, 7) is 1.08. The molecule has 1 heterocycles. The van der Waals surface area contributed by atoms with Crippen LogP contribution in [0.2, 0.25) is 0 Å². The van der Waals surface area contributed by atoms with E-state index in [0.29, 0.717) is 19.0 Å². The fraction of sp³-hybridized carbons (Fsp3) is 0.381. The number of ether oxygens (including phenoxy) is 1. The number of fused-ring (bicyclic) bond motifs is 2. The molecule has 1 saturated heterocycles. The standard InChI is InChI=1S/C21H25N3O4S/c1-28-17-9-7-15(8-10-17)13-22-21(25)24-14-16-11-19(20(24)12-16)23-29(26,27)18-5-3-2-4-6-18/h2-10,16,19-20,23H,11-14H2,1H3,(H,22,25)/t16-,19+,20-/m1/s1. The first kappa shape index (κ1) is 19.7. The van der Waals surface area contributed by atoms with Crippen LogP contribution in [0.1, 0.15) is 18.4 Å². The number of benzene rings is 2. The molecule has 8 heteroatoms. The van der Waals surface area contributed by atoms with Crippen molar-refractivity contribution >= 4 is 16.1 Å². The third-order valence-electron chi connectivity index (χ3n) is 5.71. The molecule has 3 atom stereocenters. The molecular formula is C21H25N3O4S. The molecule has 2 bridgehead atoms. The van der Waals surface area contributed by atoms with Gasteiger partial charge in [-0.15, -0.1) is 0 Å². The van der Waals surface area contributed by atoms with E-state index in [1.807, 2.05) is 24.3 Å². The number of carbonyl (C=O) groups is 1. The van der Waals surface area contributed by atoms with Gasteiger partial charge in [-0.05, 0) is 48.6 Å². The van der Waals surface area contributed by atoms with Gasteiger partial charge in [-0.3, -0.25) is 0 Å². The number of amides is 2. The molecule has 1 saturated carbocycles. The van der Waals surface area contributed by atoms with Crippen molar-refractivity contribution in [1.82, 2.24) is 14.9 Å². The Hall–Kier alpha value is -2.58. The summed E-state index contributed by atoms with van der Waals surface area (Å²) in [5, 5.41) is 2.95. The lowest BCUT2D eigenvalue weighted by Gasteiger charge is -2.33. The van der Waals surface area contributed by atoms with Crippen molar-refractivity contribution in [1.29, 1.82) is 0 Å². The van der Waals surface area contributed by atoms with Gasteiger partial charge in [-0.1, -0.05) is 30.3 Å². The molecular weight excluding hydrogens is 390 g/mol. The largest absolute Gasteiger partial charge is 0.497 e. The van der Waals surface area contributed by atoms with Crippen LogP contribution in [-0.4, -0.2) is 45.1 Å². The predicted molar refractivity (Wildman–Crippen MR) is 109 cm³/mol. The van der Waals surface area contributed by atoms with Crippen molar-refractivity contribution in [2.45, 2.75) is 36.4 Å². The Balaban J connectivity index is 1.37. The molecule has 1 aliphatic carbocycles. The Kier molecular flexibility index (Phi) is 5.47. The molecule has 2 aromatic rings. The smallest absolute Gasteiger partial charge is 0.317 e. The van der Waals surface area contributed by atoms with E-state index in [1.54, 1.807) is 42.3 Å². The maximum Gasteiger partial charge on any atom is 0.317 e. The van der Waals surface area contributed by atoms with E-state index < -0.39 is 10.0 Å². The summed E-state index contributed by atoms with van der Waals surface area (Å²) in [6, 6.07) is 15.3. The van der Waals surface area contributed by atoms with Gasteiger partial charge in [-0.25, -0.2) is 17.9 Å². The van der Waals surface area contributed by atoms with E-state index in [1.165, 1.54) is 0 Å². The zero-order valence-electron chi connectivity index (χ0n) is 16.2. The van der Waals surface area contributed by atoms with E-state index in [4.69, 9.17) is 4.74 Å². The van der Waals surface area contributed by atoms with Crippen molar-refractivity contribution in [3.8, 4) is 5.75 Å². The van der Waals surface area contributed by atoms with Crippen LogP contribution in [0.5, 0.6) is 5.75 Å². The number of nitrogens with zero attached hydrogens (tertiary/aromatic N) is 1. The van der Waals surface area contributed by atoms with Crippen LogP contribution < -0.4 is 14.8 Å². The number of nitrogens with one attached hydrogen (secondary N) is 2. The summed E-state index contributed by atoms with van der Waals surface area (Å²) >= 11 is 0. The van der Waals surface area contributed by atoms with Crippen molar-refractivity contribution < 1.29 is 17.9 Å². The lowest BCUT2D eigenvalue weighted by Crippen LogP contribution is -2.54. The molecule has 0 spiro atoms. The van der Waals surface area contributed by atoms with Crippen LogP contribution in [0.3, 0.4) is 0 Å². The highest BCUT2D eigenvalue weighted by Gasteiger charge is 2.48. The lowest BCUT2D eigenvalue weighted by atomic mass is 10.1. The number of rotatable bonds is 6. The Bertz CT molecular complexity index is 963. The summed E-state index contributed by atoms with van der Waals surface area (Å²) in [5.41, 5.74) is 0.977. The highest BCUT2D eigenvalue weighted by Crippen LogP contribution is 2.38.